The SMILES string of the molecule is CC(C)Oc1cccc(CN2CCC(c3ccc4c(c3)CN(C3CCC(=O)NC3=O)C4=O)CC2)n1. The number of amides is 3. The van der Waals surface area contributed by atoms with Crippen molar-refractivity contribution in [2.24, 2.45) is 0 Å². The Labute approximate surface area is 205 Å². The van der Waals surface area contributed by atoms with Crippen LogP contribution in [0.25, 0.3) is 0 Å². The normalized spacial score (nSPS) is 21.4. The zero-order valence-electron chi connectivity index (χ0n) is 20.3. The summed E-state index contributed by atoms with van der Waals surface area (Å²) < 4.78 is 5.73. The maximum atomic E-state index is 12.9. The van der Waals surface area contributed by atoms with Gasteiger partial charge in [-0.2, -0.15) is 0 Å². The first-order valence-electron chi connectivity index (χ1n) is 12.5. The van der Waals surface area contributed by atoms with E-state index in [2.05, 4.69) is 27.3 Å². The first-order chi connectivity index (χ1) is 16.9. The topological polar surface area (TPSA) is 91.8 Å². The van der Waals surface area contributed by atoms with E-state index in [-0.39, 0.29) is 30.2 Å². The monoisotopic (exact) mass is 476 g/mol. The van der Waals surface area contributed by atoms with E-state index in [4.69, 9.17) is 4.74 Å². The van der Waals surface area contributed by atoms with Crippen LogP contribution in [0.3, 0.4) is 0 Å². The predicted molar refractivity (Wildman–Crippen MR) is 130 cm³/mol. The van der Waals surface area contributed by atoms with Crippen molar-refractivity contribution in [1.29, 1.82) is 0 Å². The Morgan fingerprint density at radius 3 is 2.63 bits per heavy atom. The first kappa shape index (κ1) is 23.5. The molecular formula is C27H32N4O4. The third-order valence-corrected chi connectivity index (χ3v) is 7.13. The lowest BCUT2D eigenvalue weighted by Crippen LogP contribution is -2.52. The van der Waals surface area contributed by atoms with E-state index in [0.717, 1.165) is 43.7 Å². The number of aromatic nitrogens is 1. The van der Waals surface area contributed by atoms with Gasteiger partial charge in [0.1, 0.15) is 6.04 Å². The number of rotatable bonds is 6. The van der Waals surface area contributed by atoms with Gasteiger partial charge in [0.15, 0.2) is 0 Å². The molecule has 3 amide bonds. The van der Waals surface area contributed by atoms with Crippen molar-refractivity contribution >= 4 is 17.7 Å². The van der Waals surface area contributed by atoms with Gasteiger partial charge in [0.25, 0.3) is 5.91 Å². The minimum absolute atomic E-state index is 0.104. The molecule has 1 unspecified atom stereocenters. The number of carbonyl (C=O) groups excluding carboxylic acids is 3. The zero-order chi connectivity index (χ0) is 24.5. The Morgan fingerprint density at radius 1 is 1.09 bits per heavy atom. The summed E-state index contributed by atoms with van der Waals surface area (Å²) in [6.45, 7) is 7.20. The lowest BCUT2D eigenvalue weighted by atomic mass is 9.88. The summed E-state index contributed by atoms with van der Waals surface area (Å²) in [4.78, 5) is 45.4. The van der Waals surface area contributed by atoms with E-state index in [9.17, 15) is 14.4 Å². The van der Waals surface area contributed by atoms with Crippen LogP contribution < -0.4 is 10.1 Å². The Kier molecular flexibility index (Phi) is 6.56. The quantitative estimate of drug-likeness (QED) is 0.645. The fourth-order valence-corrected chi connectivity index (χ4v) is 5.35. The molecule has 3 aliphatic heterocycles. The molecule has 0 saturated carbocycles. The molecule has 8 heteroatoms. The number of imide groups is 1. The Morgan fingerprint density at radius 2 is 1.89 bits per heavy atom. The molecule has 35 heavy (non-hydrogen) atoms. The number of piperidine rings is 2. The van der Waals surface area contributed by atoms with Gasteiger partial charge in [-0.25, -0.2) is 4.98 Å². The highest BCUT2D eigenvalue weighted by atomic mass is 16.5. The van der Waals surface area contributed by atoms with Crippen molar-refractivity contribution in [3.63, 3.8) is 0 Å². The van der Waals surface area contributed by atoms with E-state index >= 15 is 0 Å². The maximum absolute atomic E-state index is 12.9. The van der Waals surface area contributed by atoms with Gasteiger partial charge < -0.3 is 9.64 Å². The third kappa shape index (κ3) is 5.07. The van der Waals surface area contributed by atoms with Crippen molar-refractivity contribution in [3.05, 3.63) is 58.8 Å². The van der Waals surface area contributed by atoms with Gasteiger partial charge in [0, 0.05) is 31.1 Å². The second-order valence-corrected chi connectivity index (χ2v) is 10.0. The molecule has 1 atom stereocenters. The summed E-state index contributed by atoms with van der Waals surface area (Å²) in [6, 6.07) is 11.5. The van der Waals surface area contributed by atoms with Gasteiger partial charge in [-0.05, 0) is 75.4 Å². The van der Waals surface area contributed by atoms with Gasteiger partial charge >= 0.3 is 0 Å². The molecule has 5 rings (SSSR count). The Bertz CT molecular complexity index is 1140. The van der Waals surface area contributed by atoms with E-state index < -0.39 is 6.04 Å². The van der Waals surface area contributed by atoms with Crippen LogP contribution in [0.4, 0.5) is 0 Å². The summed E-state index contributed by atoms with van der Waals surface area (Å²) in [5, 5.41) is 2.36. The van der Waals surface area contributed by atoms with E-state index in [1.54, 1.807) is 4.90 Å². The van der Waals surface area contributed by atoms with Crippen LogP contribution in [0.1, 0.15) is 72.6 Å². The first-order valence-corrected chi connectivity index (χ1v) is 12.5. The lowest BCUT2D eigenvalue weighted by Gasteiger charge is -2.32. The van der Waals surface area contributed by atoms with E-state index in [1.165, 1.54) is 5.56 Å². The van der Waals surface area contributed by atoms with Crippen molar-refractivity contribution in [2.75, 3.05) is 13.1 Å². The number of nitrogens with zero attached hydrogens (tertiary/aromatic N) is 3. The van der Waals surface area contributed by atoms with Gasteiger partial charge in [0.05, 0.1) is 11.8 Å². The molecule has 0 bridgehead atoms. The molecule has 2 saturated heterocycles. The number of pyridine rings is 1. The second kappa shape index (κ2) is 9.77. The van der Waals surface area contributed by atoms with Crippen molar-refractivity contribution in [2.45, 2.75) is 70.7 Å². The fraction of sp³-hybridized carbons (Fsp3) is 0.481. The number of likely N-dealkylation sites (tertiary alicyclic amines) is 1. The molecule has 2 fully saturated rings. The maximum Gasteiger partial charge on any atom is 0.255 e. The van der Waals surface area contributed by atoms with Gasteiger partial charge in [-0.15, -0.1) is 0 Å². The average molecular weight is 477 g/mol. The van der Waals surface area contributed by atoms with Crippen LogP contribution in [-0.4, -0.2) is 57.7 Å². The minimum Gasteiger partial charge on any atom is -0.475 e. The molecule has 1 aromatic heterocycles. The van der Waals surface area contributed by atoms with Crippen molar-refractivity contribution < 1.29 is 19.1 Å². The molecule has 8 nitrogen and oxygen atoms in total. The van der Waals surface area contributed by atoms with E-state index in [0.29, 0.717) is 30.3 Å². The second-order valence-electron chi connectivity index (χ2n) is 10.0. The highest BCUT2D eigenvalue weighted by Gasteiger charge is 2.39. The third-order valence-electron chi connectivity index (χ3n) is 7.13. The average Bonchev–Trinajstić information content (AvgIpc) is 3.15. The van der Waals surface area contributed by atoms with Crippen LogP contribution in [0.2, 0.25) is 0 Å². The fourth-order valence-electron chi connectivity index (χ4n) is 5.35. The summed E-state index contributed by atoms with van der Waals surface area (Å²) in [5.41, 5.74) is 3.93. The lowest BCUT2D eigenvalue weighted by molar-refractivity contribution is -0.136. The standard InChI is InChI=1S/C27H32N4O4/c1-17(2)35-25-5-3-4-21(28-25)16-30-12-10-18(11-13-30)19-6-7-22-20(14-19)15-31(27(22)34)23-8-9-24(32)29-26(23)33/h3-7,14,17-18,23H,8-13,15-16H2,1-2H3,(H,29,32,33). The van der Waals surface area contributed by atoms with Crippen molar-refractivity contribution in [3.8, 4) is 5.88 Å². The predicted octanol–water partition coefficient (Wildman–Crippen LogP) is 3.01. The summed E-state index contributed by atoms with van der Waals surface area (Å²) in [6.07, 6.45) is 2.85. The summed E-state index contributed by atoms with van der Waals surface area (Å²) in [5.74, 6) is 0.362. The number of ether oxygens (including phenoxy) is 1. The van der Waals surface area contributed by atoms with Gasteiger partial charge in [-0.1, -0.05) is 18.2 Å². The van der Waals surface area contributed by atoms with E-state index in [1.807, 2.05) is 38.1 Å². The molecule has 4 heterocycles. The molecule has 1 N–H and O–H groups in total. The minimum atomic E-state index is -0.572. The molecular weight excluding hydrogens is 444 g/mol. The summed E-state index contributed by atoms with van der Waals surface area (Å²) in [7, 11) is 0. The molecule has 1 aromatic carbocycles. The van der Waals surface area contributed by atoms with Gasteiger partial charge in [0.2, 0.25) is 17.7 Å². The van der Waals surface area contributed by atoms with Crippen LogP contribution in [0.5, 0.6) is 5.88 Å². The van der Waals surface area contributed by atoms with Gasteiger partial charge in [-0.3, -0.25) is 24.6 Å². The molecule has 3 aliphatic rings. The molecule has 0 radical (unpaired) electrons. The molecule has 0 aliphatic carbocycles. The number of hydrogen-bond donors (Lipinski definition) is 1. The highest BCUT2D eigenvalue weighted by Crippen LogP contribution is 2.34. The number of nitrogens with one attached hydrogen (secondary N) is 1. The summed E-state index contributed by atoms with van der Waals surface area (Å²) >= 11 is 0. The zero-order valence-corrected chi connectivity index (χ0v) is 20.3. The highest BCUT2D eigenvalue weighted by molar-refractivity contribution is 6.05. The Hall–Kier alpha value is -3.26. The number of carbonyl (C=O) groups is 3. The Balaban J connectivity index is 1.19. The molecule has 2 aromatic rings. The number of benzene rings is 1. The van der Waals surface area contributed by atoms with Crippen LogP contribution in [-0.2, 0) is 22.7 Å². The molecule has 0 spiro atoms. The van der Waals surface area contributed by atoms with Crippen LogP contribution in [0, 0.1) is 0 Å². The van der Waals surface area contributed by atoms with Crippen molar-refractivity contribution in [1.82, 2.24) is 20.1 Å². The smallest absolute Gasteiger partial charge is 0.255 e. The molecule has 184 valence electrons. The largest absolute Gasteiger partial charge is 0.475 e. The van der Waals surface area contributed by atoms with Crippen LogP contribution in [0.15, 0.2) is 36.4 Å². The van der Waals surface area contributed by atoms with Crippen LogP contribution >= 0.6 is 0 Å². The number of hydrogen-bond acceptors (Lipinski definition) is 6. The number of fused-ring (bicyclic) bond motifs is 1.